The van der Waals surface area contributed by atoms with Gasteiger partial charge in [-0.1, -0.05) is 165 Å². The predicted molar refractivity (Wildman–Crippen MR) is 295 cm³/mol. The number of anilines is 6. The molecule has 0 aromatic heterocycles. The van der Waals surface area contributed by atoms with E-state index in [9.17, 15) is 0 Å². The molecule has 2 aliphatic heterocycles. The van der Waals surface area contributed by atoms with Crippen molar-refractivity contribution in [3.63, 3.8) is 0 Å². The lowest BCUT2D eigenvalue weighted by Crippen LogP contribution is -2.61. The van der Waals surface area contributed by atoms with Gasteiger partial charge < -0.3 is 9.80 Å². The summed E-state index contributed by atoms with van der Waals surface area (Å²) in [6.07, 6.45) is 5.90. The molecule has 0 radical (unpaired) electrons. The van der Waals surface area contributed by atoms with Crippen molar-refractivity contribution in [3.8, 4) is 11.1 Å². The Bertz CT molecular complexity index is 3110. The number of hydrogen-bond acceptors (Lipinski definition) is 2. The van der Waals surface area contributed by atoms with Crippen molar-refractivity contribution < 1.29 is 0 Å². The quantitative estimate of drug-likeness (QED) is 0.163. The van der Waals surface area contributed by atoms with Crippen LogP contribution in [0, 0.1) is 13.8 Å². The summed E-state index contributed by atoms with van der Waals surface area (Å²) in [7, 11) is 0. The molecule has 0 amide bonds. The first kappa shape index (κ1) is 45.4. The van der Waals surface area contributed by atoms with Crippen LogP contribution in [0.5, 0.6) is 0 Å². The van der Waals surface area contributed by atoms with E-state index >= 15 is 0 Å². The van der Waals surface area contributed by atoms with E-state index in [1.54, 1.807) is 5.56 Å². The summed E-state index contributed by atoms with van der Waals surface area (Å²) < 4.78 is 0. The Morgan fingerprint density at radius 2 is 0.941 bits per heavy atom. The van der Waals surface area contributed by atoms with Gasteiger partial charge in [-0.2, -0.15) is 0 Å². The number of benzene rings is 6. The highest BCUT2D eigenvalue weighted by atomic mass is 15.2. The normalized spacial score (nSPS) is 20.5. The van der Waals surface area contributed by atoms with Gasteiger partial charge in [0.05, 0.1) is 0 Å². The number of aryl methyl sites for hydroxylation is 1. The fraction of sp³-hybridized carbons (Fsp3) is 0.446. The van der Waals surface area contributed by atoms with E-state index in [1.165, 1.54) is 132 Å². The van der Waals surface area contributed by atoms with Crippen molar-refractivity contribution in [2.45, 2.75) is 188 Å². The van der Waals surface area contributed by atoms with Crippen LogP contribution in [0.15, 0.2) is 97.1 Å². The smallest absolute Gasteiger partial charge is 0.252 e. The van der Waals surface area contributed by atoms with E-state index < -0.39 is 0 Å². The fourth-order valence-electron chi connectivity index (χ4n) is 14.4. The number of nitrogens with zero attached hydrogens (tertiary/aromatic N) is 2. The van der Waals surface area contributed by atoms with E-state index in [2.05, 4.69) is 225 Å². The highest BCUT2D eigenvalue weighted by Crippen LogP contribution is 2.56. The largest absolute Gasteiger partial charge is 0.311 e. The Morgan fingerprint density at radius 1 is 0.426 bits per heavy atom. The summed E-state index contributed by atoms with van der Waals surface area (Å²) in [6, 6.07) is 39.3. The molecular formula is C65H77BN2. The highest BCUT2D eigenvalue weighted by molar-refractivity contribution is 7.00. The highest BCUT2D eigenvalue weighted by Gasteiger charge is 2.50. The minimum absolute atomic E-state index is 0.0442. The van der Waals surface area contributed by atoms with E-state index in [4.69, 9.17) is 0 Å². The topological polar surface area (TPSA) is 6.48 Å². The summed E-state index contributed by atoms with van der Waals surface area (Å²) in [5, 5.41) is 0. The first-order chi connectivity index (χ1) is 31.6. The van der Waals surface area contributed by atoms with Crippen molar-refractivity contribution in [2.24, 2.45) is 0 Å². The number of rotatable bonds is 3. The van der Waals surface area contributed by atoms with Gasteiger partial charge in [-0.05, 0) is 198 Å². The van der Waals surface area contributed by atoms with Crippen LogP contribution in [0.4, 0.5) is 34.1 Å². The average Bonchev–Trinajstić information content (AvgIpc) is 3.44. The lowest BCUT2D eigenvalue weighted by Gasteiger charge is -2.48. The van der Waals surface area contributed by atoms with Crippen molar-refractivity contribution in [1.82, 2.24) is 0 Å². The summed E-state index contributed by atoms with van der Waals surface area (Å²) in [6.45, 7) is 41.9. The minimum atomic E-state index is -0.109. The van der Waals surface area contributed by atoms with Gasteiger partial charge in [0.15, 0.2) is 0 Å². The third-order valence-corrected chi connectivity index (χ3v) is 18.4. The molecule has 0 unspecified atom stereocenters. The molecule has 0 saturated heterocycles. The average molecular weight is 897 g/mol. The second kappa shape index (κ2) is 14.3. The fourth-order valence-corrected chi connectivity index (χ4v) is 14.4. The van der Waals surface area contributed by atoms with Crippen LogP contribution >= 0.6 is 0 Å². The summed E-state index contributed by atoms with van der Waals surface area (Å²) in [4.78, 5) is 5.50. The number of fused-ring (bicyclic) bond motifs is 7. The molecule has 3 heteroatoms. The third kappa shape index (κ3) is 6.55. The SMILES string of the molecule is Cc1cc2c(cc1N1c3cc(-c4ccccc4)ccc3B3c4cc5c(cc4N(c4ccc6c(c4C)C(C)(C)CCC6(C)C)c4cc(C(C)(C)C)cc1c43)C(C)(C)CC5(C)C)C(C)(C)CCC2(C)C. The monoisotopic (exact) mass is 897 g/mol. The van der Waals surface area contributed by atoms with E-state index in [1.807, 2.05) is 0 Å². The second-order valence-electron chi connectivity index (χ2n) is 27.2. The van der Waals surface area contributed by atoms with Gasteiger partial charge >= 0.3 is 0 Å². The maximum Gasteiger partial charge on any atom is 0.252 e. The van der Waals surface area contributed by atoms with Crippen LogP contribution in [0.3, 0.4) is 0 Å². The zero-order valence-corrected chi connectivity index (χ0v) is 44.7. The summed E-state index contributed by atoms with van der Waals surface area (Å²) >= 11 is 0. The maximum atomic E-state index is 2.77. The summed E-state index contributed by atoms with van der Waals surface area (Å²) in [5.41, 5.74) is 28.3. The molecule has 0 bridgehead atoms. The van der Waals surface area contributed by atoms with Gasteiger partial charge in [-0.15, -0.1) is 0 Å². The molecule has 6 aromatic carbocycles. The lowest BCUT2D eigenvalue weighted by atomic mass is 9.33. The molecule has 0 N–H and O–H groups in total. The molecule has 68 heavy (non-hydrogen) atoms. The molecule has 350 valence electrons. The van der Waals surface area contributed by atoms with Crippen LogP contribution in [0.1, 0.15) is 186 Å². The van der Waals surface area contributed by atoms with Gasteiger partial charge in [0.25, 0.3) is 6.71 Å². The van der Waals surface area contributed by atoms with Gasteiger partial charge in [0.1, 0.15) is 0 Å². The van der Waals surface area contributed by atoms with Crippen molar-refractivity contribution >= 4 is 57.2 Å². The Labute approximate surface area is 411 Å². The zero-order chi connectivity index (χ0) is 48.6. The van der Waals surface area contributed by atoms with Crippen LogP contribution in [-0.4, -0.2) is 6.71 Å². The Hall–Kier alpha value is -5.02. The molecule has 0 fully saturated rings. The van der Waals surface area contributed by atoms with E-state index in [0.717, 1.165) is 6.42 Å². The number of hydrogen-bond donors (Lipinski definition) is 0. The molecular weight excluding hydrogens is 820 g/mol. The maximum absolute atomic E-state index is 2.77. The second-order valence-corrected chi connectivity index (χ2v) is 27.2. The summed E-state index contributed by atoms with van der Waals surface area (Å²) in [5.74, 6) is 0. The Morgan fingerprint density at radius 3 is 1.56 bits per heavy atom. The molecule has 2 heterocycles. The molecule has 3 aliphatic carbocycles. The first-order valence-electron chi connectivity index (χ1n) is 26.1. The van der Waals surface area contributed by atoms with Gasteiger partial charge in [0, 0.05) is 34.1 Å². The van der Waals surface area contributed by atoms with Crippen LogP contribution in [-0.2, 0) is 37.9 Å². The molecule has 2 nitrogen and oxygen atoms in total. The van der Waals surface area contributed by atoms with E-state index in [-0.39, 0.29) is 44.6 Å². The standard InChI is InChI=1S/C65H77BN2/c1-39-31-45-47(62(10,11)28-27-61(45,8)9)36-52(39)68-53-32-42(41-21-19-18-20-22-41)23-25-49(53)66-50-35-46-48(65(16,17)38-64(46,14)15)37-54(50)67(55-33-43(59(3,4)5)34-56(68)58(55)66)51-26-24-44-57(40(51)2)63(12,13)30-29-60(44,6)7/h18-26,31-37H,27-30,38H2,1-17H3. The molecule has 0 spiro atoms. The Kier molecular flexibility index (Phi) is 9.55. The van der Waals surface area contributed by atoms with Gasteiger partial charge in [0.2, 0.25) is 0 Å². The molecule has 5 aliphatic rings. The minimum Gasteiger partial charge on any atom is -0.311 e. The molecule has 0 saturated carbocycles. The van der Waals surface area contributed by atoms with Crippen LogP contribution in [0.25, 0.3) is 11.1 Å². The lowest BCUT2D eigenvalue weighted by molar-refractivity contribution is 0.330. The van der Waals surface area contributed by atoms with Crippen molar-refractivity contribution in [2.75, 3.05) is 9.80 Å². The van der Waals surface area contributed by atoms with Gasteiger partial charge in [-0.25, -0.2) is 0 Å². The third-order valence-electron chi connectivity index (χ3n) is 18.4. The Balaban J connectivity index is 1.29. The van der Waals surface area contributed by atoms with Crippen LogP contribution in [0.2, 0.25) is 0 Å². The van der Waals surface area contributed by atoms with Crippen molar-refractivity contribution in [3.05, 3.63) is 147 Å². The molecule has 11 rings (SSSR count). The first-order valence-corrected chi connectivity index (χ1v) is 26.1. The predicted octanol–water partition coefficient (Wildman–Crippen LogP) is 16.0. The molecule has 0 atom stereocenters. The van der Waals surface area contributed by atoms with Gasteiger partial charge in [-0.3, -0.25) is 0 Å². The zero-order valence-electron chi connectivity index (χ0n) is 44.7. The van der Waals surface area contributed by atoms with E-state index in [0.29, 0.717) is 0 Å². The molecule has 6 aromatic rings. The van der Waals surface area contributed by atoms with Crippen molar-refractivity contribution in [1.29, 1.82) is 0 Å². The van der Waals surface area contributed by atoms with Crippen LogP contribution < -0.4 is 26.2 Å².